The second kappa shape index (κ2) is 3.77. The smallest absolute Gasteiger partial charge is 0.156 e. The van der Waals surface area contributed by atoms with Gasteiger partial charge in [0, 0.05) is 28.5 Å². The van der Waals surface area contributed by atoms with Gasteiger partial charge in [0.15, 0.2) is 6.04 Å². The number of fused-ring (bicyclic) bond motifs is 7. The molecule has 0 saturated carbocycles. The van der Waals surface area contributed by atoms with Crippen molar-refractivity contribution in [2.45, 2.75) is 19.0 Å². The van der Waals surface area contributed by atoms with Gasteiger partial charge in [0.25, 0.3) is 0 Å². The van der Waals surface area contributed by atoms with Crippen molar-refractivity contribution in [1.82, 2.24) is 4.98 Å². The first-order valence-corrected chi connectivity index (χ1v) is 7.78. The fourth-order valence-electron chi connectivity index (χ4n) is 4.53. The maximum absolute atomic E-state index is 3.74. The van der Waals surface area contributed by atoms with Crippen LogP contribution in [-0.2, 0) is 13.0 Å². The van der Waals surface area contributed by atoms with Crippen molar-refractivity contribution < 1.29 is 4.48 Å². The van der Waals surface area contributed by atoms with E-state index in [2.05, 4.69) is 60.6 Å². The van der Waals surface area contributed by atoms with Crippen molar-refractivity contribution in [2.24, 2.45) is 0 Å². The van der Waals surface area contributed by atoms with Crippen LogP contribution in [0.2, 0.25) is 0 Å². The number of hydrogen-bond donors (Lipinski definition) is 1. The Morgan fingerprint density at radius 1 is 1.05 bits per heavy atom. The number of nitrogens with zero attached hydrogens (tertiary/aromatic N) is 1. The number of para-hydroxylation sites is 1. The van der Waals surface area contributed by atoms with Gasteiger partial charge in [0.1, 0.15) is 6.54 Å². The molecule has 2 heteroatoms. The van der Waals surface area contributed by atoms with Crippen LogP contribution < -0.4 is 0 Å². The predicted octanol–water partition coefficient (Wildman–Crippen LogP) is 3.77. The molecule has 2 atom stereocenters. The second-order valence-corrected chi connectivity index (χ2v) is 6.78. The fraction of sp³-hybridized carbons (Fsp3) is 0.263. The summed E-state index contributed by atoms with van der Waals surface area (Å²) in [6.07, 6.45) is 1.18. The number of benzene rings is 2. The first-order chi connectivity index (χ1) is 10.3. The van der Waals surface area contributed by atoms with Gasteiger partial charge in [-0.1, -0.05) is 42.5 Å². The molecular formula is C19H19N2+. The van der Waals surface area contributed by atoms with Crippen LogP contribution in [0.25, 0.3) is 10.9 Å². The molecule has 2 aliphatic rings. The first kappa shape index (κ1) is 11.6. The average Bonchev–Trinajstić information content (AvgIpc) is 3.00. The molecule has 104 valence electrons. The topological polar surface area (TPSA) is 15.8 Å². The first-order valence-electron chi connectivity index (χ1n) is 7.78. The molecular weight excluding hydrogens is 256 g/mol. The summed E-state index contributed by atoms with van der Waals surface area (Å²) < 4.78 is 1.12. The molecule has 3 aromatic rings. The minimum Gasteiger partial charge on any atom is -0.353 e. The molecule has 0 radical (unpaired) electrons. The summed E-state index contributed by atoms with van der Waals surface area (Å²) in [6.45, 7) is 2.39. The summed E-state index contributed by atoms with van der Waals surface area (Å²) in [4.78, 5) is 3.74. The summed E-state index contributed by atoms with van der Waals surface area (Å²) >= 11 is 0. The van der Waals surface area contributed by atoms with E-state index >= 15 is 0 Å². The number of aromatic amines is 1. The van der Waals surface area contributed by atoms with Crippen LogP contribution in [0.4, 0.5) is 0 Å². The molecule has 1 aromatic heterocycles. The summed E-state index contributed by atoms with van der Waals surface area (Å²) in [5.41, 5.74) is 7.34. The Morgan fingerprint density at radius 3 is 2.81 bits per heavy atom. The highest BCUT2D eigenvalue weighted by Crippen LogP contribution is 2.48. The molecule has 2 nitrogen and oxygen atoms in total. The Labute approximate surface area is 124 Å². The Morgan fingerprint density at radius 2 is 1.86 bits per heavy atom. The molecule has 1 N–H and O–H groups in total. The SMILES string of the molecule is C[N+]12CCc3c([nH]c4ccccc34)C1c1ccccc1C2. The highest BCUT2D eigenvalue weighted by molar-refractivity contribution is 5.85. The lowest BCUT2D eigenvalue weighted by molar-refractivity contribution is -0.941. The van der Waals surface area contributed by atoms with Crippen LogP contribution in [-0.4, -0.2) is 23.1 Å². The minimum atomic E-state index is 0.484. The number of rotatable bonds is 0. The quantitative estimate of drug-likeness (QED) is 0.601. The van der Waals surface area contributed by atoms with E-state index in [4.69, 9.17) is 0 Å². The zero-order chi connectivity index (χ0) is 14.0. The third-order valence-electron chi connectivity index (χ3n) is 5.50. The average molecular weight is 275 g/mol. The highest BCUT2D eigenvalue weighted by atomic mass is 15.4. The zero-order valence-electron chi connectivity index (χ0n) is 12.3. The standard InChI is InChI=1S/C19H19N2/c1-21-11-10-16-15-8-4-5-9-17(15)20-18(16)19(21)14-7-3-2-6-13(14)12-21/h2-9,19-20H,10-12H2,1H3/q+1. The van der Waals surface area contributed by atoms with E-state index in [0.717, 1.165) is 11.0 Å². The van der Waals surface area contributed by atoms with Crippen molar-refractivity contribution >= 4 is 10.9 Å². The lowest BCUT2D eigenvalue weighted by atomic mass is 9.93. The summed E-state index contributed by atoms with van der Waals surface area (Å²) in [7, 11) is 2.42. The summed E-state index contributed by atoms with van der Waals surface area (Å²) in [6, 6.07) is 18.2. The Balaban J connectivity index is 1.82. The van der Waals surface area contributed by atoms with Gasteiger partial charge in [0.2, 0.25) is 0 Å². The summed E-state index contributed by atoms with van der Waals surface area (Å²) in [5, 5.41) is 1.42. The van der Waals surface area contributed by atoms with Crippen LogP contribution >= 0.6 is 0 Å². The normalized spacial score (nSPS) is 26.4. The van der Waals surface area contributed by atoms with Crippen molar-refractivity contribution in [3.05, 3.63) is 70.9 Å². The van der Waals surface area contributed by atoms with E-state index in [9.17, 15) is 0 Å². The monoisotopic (exact) mass is 275 g/mol. The van der Waals surface area contributed by atoms with Gasteiger partial charge in [-0.2, -0.15) is 0 Å². The van der Waals surface area contributed by atoms with Crippen molar-refractivity contribution in [2.75, 3.05) is 13.6 Å². The van der Waals surface area contributed by atoms with Crippen LogP contribution in [0, 0.1) is 0 Å². The van der Waals surface area contributed by atoms with Gasteiger partial charge in [-0.3, -0.25) is 0 Å². The molecule has 0 aliphatic carbocycles. The van der Waals surface area contributed by atoms with Gasteiger partial charge < -0.3 is 9.47 Å². The van der Waals surface area contributed by atoms with Crippen LogP contribution in [0.1, 0.15) is 28.4 Å². The number of nitrogens with one attached hydrogen (secondary N) is 1. The number of likely N-dealkylation sites (N-methyl/N-ethyl adjacent to an activating group) is 1. The van der Waals surface area contributed by atoms with Crippen molar-refractivity contribution in [3.8, 4) is 0 Å². The lowest BCUT2D eigenvalue weighted by Crippen LogP contribution is -2.47. The van der Waals surface area contributed by atoms with Gasteiger partial charge in [-0.05, 0) is 11.6 Å². The highest BCUT2D eigenvalue weighted by Gasteiger charge is 2.47. The Bertz CT molecular complexity index is 861. The molecule has 2 aliphatic heterocycles. The van der Waals surface area contributed by atoms with Crippen LogP contribution in [0.15, 0.2) is 48.5 Å². The molecule has 5 rings (SSSR count). The van der Waals surface area contributed by atoms with Gasteiger partial charge in [-0.25, -0.2) is 0 Å². The molecule has 3 heterocycles. The van der Waals surface area contributed by atoms with E-state index < -0.39 is 0 Å². The number of quaternary nitrogens is 1. The third kappa shape index (κ3) is 1.41. The van der Waals surface area contributed by atoms with E-state index in [1.165, 1.54) is 40.7 Å². The molecule has 21 heavy (non-hydrogen) atoms. The van der Waals surface area contributed by atoms with Crippen molar-refractivity contribution in [3.63, 3.8) is 0 Å². The van der Waals surface area contributed by atoms with E-state index in [1.807, 2.05) is 0 Å². The van der Waals surface area contributed by atoms with Crippen molar-refractivity contribution in [1.29, 1.82) is 0 Å². The maximum Gasteiger partial charge on any atom is 0.156 e. The van der Waals surface area contributed by atoms with E-state index in [-0.39, 0.29) is 0 Å². The number of aromatic nitrogens is 1. The third-order valence-corrected chi connectivity index (χ3v) is 5.50. The molecule has 0 fully saturated rings. The van der Waals surface area contributed by atoms with Gasteiger partial charge in [0.05, 0.1) is 19.3 Å². The molecule has 0 spiro atoms. The summed E-state index contributed by atoms with van der Waals surface area (Å²) in [5.74, 6) is 0. The molecule has 0 bridgehead atoms. The molecule has 0 saturated heterocycles. The number of hydrogen-bond acceptors (Lipinski definition) is 0. The fourth-order valence-corrected chi connectivity index (χ4v) is 4.53. The van der Waals surface area contributed by atoms with Crippen LogP contribution in [0.5, 0.6) is 0 Å². The largest absolute Gasteiger partial charge is 0.353 e. The van der Waals surface area contributed by atoms with Gasteiger partial charge in [-0.15, -0.1) is 0 Å². The second-order valence-electron chi connectivity index (χ2n) is 6.78. The Hall–Kier alpha value is -2.06. The van der Waals surface area contributed by atoms with Crippen LogP contribution in [0.3, 0.4) is 0 Å². The van der Waals surface area contributed by atoms with Gasteiger partial charge >= 0.3 is 0 Å². The molecule has 0 amide bonds. The Kier molecular flexibility index (Phi) is 2.08. The molecule has 2 aromatic carbocycles. The predicted molar refractivity (Wildman–Crippen MR) is 85.0 cm³/mol. The maximum atomic E-state index is 3.74. The lowest BCUT2D eigenvalue weighted by Gasteiger charge is -2.39. The molecule has 2 unspecified atom stereocenters. The number of H-pyrrole nitrogens is 1. The minimum absolute atomic E-state index is 0.484. The van der Waals surface area contributed by atoms with E-state index in [1.54, 1.807) is 5.56 Å². The zero-order valence-corrected chi connectivity index (χ0v) is 12.3. The van der Waals surface area contributed by atoms with E-state index in [0.29, 0.717) is 6.04 Å².